The fourth-order valence-corrected chi connectivity index (χ4v) is 5.67. The highest BCUT2D eigenvalue weighted by atomic mass is 16.7. The molecule has 204 valence electrons. The Morgan fingerprint density at radius 2 is 1.58 bits per heavy atom. The quantitative estimate of drug-likeness (QED) is 0.167. The molecule has 6 heteroatoms. The van der Waals surface area contributed by atoms with Crippen LogP contribution < -0.4 is 10.8 Å². The van der Waals surface area contributed by atoms with Crippen molar-refractivity contribution in [1.29, 1.82) is 0 Å². The Bertz CT molecular complexity index is 1050. The van der Waals surface area contributed by atoms with Crippen molar-refractivity contribution in [2.75, 3.05) is 6.61 Å². The molecule has 1 amide bonds. The normalized spacial score (nSPS) is 16.7. The van der Waals surface area contributed by atoms with Gasteiger partial charge in [-0.1, -0.05) is 93.1 Å². The zero-order valence-electron chi connectivity index (χ0n) is 22.7. The average molecular weight is 519 g/mol. The number of amides is 1. The van der Waals surface area contributed by atoms with Gasteiger partial charge in [0.15, 0.2) is 0 Å². The molecule has 0 unspecified atom stereocenters. The molecule has 0 bridgehead atoms. The summed E-state index contributed by atoms with van der Waals surface area (Å²) in [4.78, 5) is 31.8. The third-order valence-electron chi connectivity index (χ3n) is 7.93. The highest BCUT2D eigenvalue weighted by Gasteiger charge is 2.38. The molecule has 0 heterocycles. The van der Waals surface area contributed by atoms with Crippen LogP contribution in [0, 0.1) is 0 Å². The van der Waals surface area contributed by atoms with Gasteiger partial charge < -0.3 is 14.9 Å². The standard InChI is InChI=1S/C32H42N2O4/c1-3-4-5-6-7-15-22-32(2,30(35)38-34-24-16-9-8-10-17-24)33-31(36)37-23-29-27-20-13-11-18-25(27)26-19-12-14-21-28(26)29/h3,11-14,18-21,24,29,34H,1,4-10,15-17,22-23H2,2H3,(H,33,36)/t32-/m1/s1. The van der Waals surface area contributed by atoms with Gasteiger partial charge in [0.2, 0.25) is 0 Å². The van der Waals surface area contributed by atoms with Crippen LogP contribution in [0.2, 0.25) is 0 Å². The van der Waals surface area contributed by atoms with Crippen LogP contribution in [0.1, 0.15) is 94.6 Å². The SMILES string of the molecule is C=CCCCCCC[C@@](C)(NC(=O)OCC1c2ccccc2-c2ccccc21)C(=O)ONC1CCCCC1. The number of carbonyl (C=O) groups is 2. The molecule has 0 saturated heterocycles. The minimum absolute atomic E-state index is 0.0378. The van der Waals surface area contributed by atoms with Gasteiger partial charge in [0.05, 0.1) is 0 Å². The highest BCUT2D eigenvalue weighted by Crippen LogP contribution is 2.44. The number of rotatable bonds is 13. The molecule has 0 spiro atoms. The first-order valence-corrected chi connectivity index (χ1v) is 14.2. The second-order valence-electron chi connectivity index (χ2n) is 10.9. The average Bonchev–Trinajstić information content (AvgIpc) is 3.26. The molecule has 2 aliphatic carbocycles. The molecule has 2 aromatic carbocycles. The van der Waals surface area contributed by atoms with Crippen molar-refractivity contribution < 1.29 is 19.2 Å². The number of hydrogen-bond acceptors (Lipinski definition) is 5. The van der Waals surface area contributed by atoms with E-state index in [2.05, 4.69) is 41.6 Å². The van der Waals surface area contributed by atoms with E-state index in [1.807, 2.05) is 30.3 Å². The van der Waals surface area contributed by atoms with Crippen molar-refractivity contribution in [2.45, 2.75) is 95.1 Å². The number of carbonyl (C=O) groups excluding carboxylic acids is 2. The van der Waals surface area contributed by atoms with Crippen LogP contribution in [0.4, 0.5) is 4.79 Å². The summed E-state index contributed by atoms with van der Waals surface area (Å²) in [5.41, 5.74) is 6.45. The number of benzene rings is 2. The smallest absolute Gasteiger partial charge is 0.408 e. The van der Waals surface area contributed by atoms with E-state index in [1.165, 1.54) is 17.5 Å². The lowest BCUT2D eigenvalue weighted by Crippen LogP contribution is -2.55. The summed E-state index contributed by atoms with van der Waals surface area (Å²) in [6.45, 7) is 5.71. The lowest BCUT2D eigenvalue weighted by atomic mass is 9.94. The monoisotopic (exact) mass is 518 g/mol. The highest BCUT2D eigenvalue weighted by molar-refractivity contribution is 5.85. The van der Waals surface area contributed by atoms with Gasteiger partial charge in [-0.2, -0.15) is 0 Å². The number of hydroxylamine groups is 1. The van der Waals surface area contributed by atoms with Gasteiger partial charge in [-0.15, -0.1) is 12.1 Å². The second kappa shape index (κ2) is 13.6. The molecule has 1 atom stereocenters. The predicted molar refractivity (Wildman–Crippen MR) is 151 cm³/mol. The van der Waals surface area contributed by atoms with Gasteiger partial charge in [-0.05, 0) is 61.3 Å². The van der Waals surface area contributed by atoms with Gasteiger partial charge in [-0.25, -0.2) is 9.59 Å². The van der Waals surface area contributed by atoms with Crippen LogP contribution in [0.3, 0.4) is 0 Å². The summed E-state index contributed by atoms with van der Waals surface area (Å²) >= 11 is 0. The Balaban J connectivity index is 1.37. The predicted octanol–water partition coefficient (Wildman–Crippen LogP) is 7.19. The Morgan fingerprint density at radius 1 is 0.947 bits per heavy atom. The third kappa shape index (κ3) is 7.04. The van der Waals surface area contributed by atoms with Crippen LogP contribution in [-0.4, -0.2) is 30.3 Å². The topological polar surface area (TPSA) is 76.7 Å². The Kier molecular flexibility index (Phi) is 9.99. The molecule has 2 aliphatic rings. The molecule has 2 N–H and O–H groups in total. The zero-order chi connectivity index (χ0) is 26.8. The van der Waals surface area contributed by atoms with E-state index < -0.39 is 17.6 Å². The molecule has 2 aromatic rings. The van der Waals surface area contributed by atoms with Crippen LogP contribution in [0.15, 0.2) is 61.2 Å². The Morgan fingerprint density at radius 3 is 2.24 bits per heavy atom. The van der Waals surface area contributed by atoms with Crippen LogP contribution in [0.5, 0.6) is 0 Å². The molecule has 0 radical (unpaired) electrons. The molecule has 0 aromatic heterocycles. The maximum Gasteiger partial charge on any atom is 0.408 e. The van der Waals surface area contributed by atoms with E-state index in [4.69, 9.17) is 9.57 Å². The van der Waals surface area contributed by atoms with Crippen molar-refractivity contribution in [2.24, 2.45) is 0 Å². The number of ether oxygens (including phenoxy) is 1. The number of unbranched alkanes of at least 4 members (excludes halogenated alkanes) is 4. The van der Waals surface area contributed by atoms with Crippen LogP contribution in [0.25, 0.3) is 11.1 Å². The largest absolute Gasteiger partial charge is 0.449 e. The van der Waals surface area contributed by atoms with Gasteiger partial charge in [0.25, 0.3) is 0 Å². The molecule has 38 heavy (non-hydrogen) atoms. The minimum Gasteiger partial charge on any atom is -0.449 e. The first kappa shape index (κ1) is 27.9. The van der Waals surface area contributed by atoms with Crippen molar-refractivity contribution in [3.63, 3.8) is 0 Å². The number of allylic oxidation sites excluding steroid dienone is 1. The van der Waals surface area contributed by atoms with Crippen molar-refractivity contribution >= 4 is 12.1 Å². The molecule has 1 fully saturated rings. The summed E-state index contributed by atoms with van der Waals surface area (Å²) < 4.78 is 5.75. The lowest BCUT2D eigenvalue weighted by Gasteiger charge is -2.30. The second-order valence-corrected chi connectivity index (χ2v) is 10.9. The number of nitrogens with one attached hydrogen (secondary N) is 2. The summed E-state index contributed by atoms with van der Waals surface area (Å²) in [5.74, 6) is -0.508. The van der Waals surface area contributed by atoms with E-state index in [-0.39, 0.29) is 18.6 Å². The van der Waals surface area contributed by atoms with E-state index in [0.717, 1.165) is 68.9 Å². The first-order chi connectivity index (χ1) is 18.5. The van der Waals surface area contributed by atoms with Crippen LogP contribution >= 0.6 is 0 Å². The molecule has 0 aliphatic heterocycles. The summed E-state index contributed by atoms with van der Waals surface area (Å²) in [5, 5.41) is 2.86. The molecular formula is C32H42N2O4. The molecule has 1 saturated carbocycles. The molecule has 6 nitrogen and oxygen atoms in total. The van der Waals surface area contributed by atoms with E-state index >= 15 is 0 Å². The maximum atomic E-state index is 13.2. The number of fused-ring (bicyclic) bond motifs is 3. The van der Waals surface area contributed by atoms with Crippen LogP contribution in [-0.2, 0) is 14.4 Å². The van der Waals surface area contributed by atoms with E-state index in [0.29, 0.717) is 6.42 Å². The fourth-order valence-electron chi connectivity index (χ4n) is 5.67. The van der Waals surface area contributed by atoms with E-state index in [1.54, 1.807) is 6.92 Å². The third-order valence-corrected chi connectivity index (χ3v) is 7.93. The van der Waals surface area contributed by atoms with Crippen molar-refractivity contribution in [3.8, 4) is 11.1 Å². The fraction of sp³-hybridized carbons (Fsp3) is 0.500. The number of alkyl carbamates (subject to hydrolysis) is 1. The summed E-state index contributed by atoms with van der Waals surface area (Å²) in [6.07, 6.45) is 12.2. The summed E-state index contributed by atoms with van der Waals surface area (Å²) in [6, 6.07) is 16.6. The van der Waals surface area contributed by atoms with Gasteiger partial charge >= 0.3 is 12.1 Å². The van der Waals surface area contributed by atoms with Crippen molar-refractivity contribution in [3.05, 3.63) is 72.3 Å². The maximum absolute atomic E-state index is 13.2. The molecular weight excluding hydrogens is 476 g/mol. The van der Waals surface area contributed by atoms with Gasteiger partial charge in [0, 0.05) is 12.0 Å². The Hall–Kier alpha value is -3.12. The van der Waals surface area contributed by atoms with Gasteiger partial charge in [0.1, 0.15) is 12.1 Å². The molecule has 4 rings (SSSR count). The zero-order valence-corrected chi connectivity index (χ0v) is 22.7. The van der Waals surface area contributed by atoms with Crippen molar-refractivity contribution in [1.82, 2.24) is 10.8 Å². The number of hydrogen-bond donors (Lipinski definition) is 2. The first-order valence-electron chi connectivity index (χ1n) is 14.2. The summed E-state index contributed by atoms with van der Waals surface area (Å²) in [7, 11) is 0. The Labute approximate surface area is 227 Å². The minimum atomic E-state index is -1.18. The van der Waals surface area contributed by atoms with Gasteiger partial charge in [-0.3, -0.25) is 0 Å². The lowest BCUT2D eigenvalue weighted by molar-refractivity contribution is -0.161. The van der Waals surface area contributed by atoms with E-state index in [9.17, 15) is 9.59 Å².